The van der Waals surface area contributed by atoms with Gasteiger partial charge in [-0.2, -0.15) is 15.0 Å². The fourth-order valence-electron chi connectivity index (χ4n) is 2.48. The molecule has 0 radical (unpaired) electrons. The second kappa shape index (κ2) is 7.34. The van der Waals surface area contributed by atoms with E-state index < -0.39 is 17.2 Å². The van der Waals surface area contributed by atoms with E-state index in [0.29, 0.717) is 21.8 Å². The molecule has 3 rings (SSSR count). The van der Waals surface area contributed by atoms with Crippen LogP contribution in [0.4, 0.5) is 0 Å². The van der Waals surface area contributed by atoms with E-state index in [0.717, 1.165) is 10.9 Å². The minimum atomic E-state index is -0.721. The second-order valence-electron chi connectivity index (χ2n) is 5.29. The van der Waals surface area contributed by atoms with Crippen molar-refractivity contribution < 1.29 is 0 Å². The first-order valence-corrected chi connectivity index (χ1v) is 8.37. The highest BCUT2D eigenvalue weighted by atomic mass is 35.5. The van der Waals surface area contributed by atoms with Crippen LogP contribution in [0.25, 0.3) is 5.69 Å². The number of nitriles is 1. The van der Waals surface area contributed by atoms with E-state index in [9.17, 15) is 14.9 Å². The summed E-state index contributed by atoms with van der Waals surface area (Å²) >= 11 is 18.3. The number of H-pyrrole nitrogens is 1. The third-order valence-electron chi connectivity index (χ3n) is 3.65. The van der Waals surface area contributed by atoms with Gasteiger partial charge in [-0.1, -0.05) is 46.9 Å². The minimum Gasteiger partial charge on any atom is -0.271 e. The van der Waals surface area contributed by atoms with Crippen molar-refractivity contribution in [3.63, 3.8) is 0 Å². The van der Waals surface area contributed by atoms with Gasteiger partial charge in [-0.15, -0.1) is 0 Å². The molecule has 1 aromatic heterocycles. The molecule has 0 fully saturated rings. The lowest BCUT2D eigenvalue weighted by molar-refractivity contribution is 0.749. The molecule has 0 aliphatic heterocycles. The van der Waals surface area contributed by atoms with Gasteiger partial charge in [0, 0.05) is 20.6 Å². The van der Waals surface area contributed by atoms with Crippen molar-refractivity contribution in [2.75, 3.05) is 0 Å². The van der Waals surface area contributed by atoms with Gasteiger partial charge in [0.15, 0.2) is 0 Å². The number of aromatic amines is 1. The Morgan fingerprint density at radius 3 is 2.23 bits per heavy atom. The first-order valence-electron chi connectivity index (χ1n) is 7.23. The smallest absolute Gasteiger partial charge is 0.271 e. The van der Waals surface area contributed by atoms with Gasteiger partial charge >= 0.3 is 5.69 Å². The molecule has 130 valence electrons. The van der Waals surface area contributed by atoms with E-state index in [1.807, 2.05) is 0 Å². The maximum Gasteiger partial charge on any atom is 0.349 e. The molecule has 0 spiro atoms. The van der Waals surface area contributed by atoms with E-state index in [1.165, 1.54) is 12.1 Å². The minimum absolute atomic E-state index is 0.289. The van der Waals surface area contributed by atoms with Gasteiger partial charge in [0.1, 0.15) is 6.20 Å². The molecule has 6 nitrogen and oxygen atoms in total. The maximum atomic E-state index is 11.8. The molecule has 0 amide bonds. The first-order chi connectivity index (χ1) is 12.4. The van der Waals surface area contributed by atoms with Gasteiger partial charge < -0.3 is 0 Å². The number of rotatable bonds is 3. The molecule has 26 heavy (non-hydrogen) atoms. The summed E-state index contributed by atoms with van der Waals surface area (Å²) in [4.78, 5) is 25.0. The molecular formula is C17H9Cl3N4O2. The monoisotopic (exact) mass is 406 g/mol. The highest BCUT2D eigenvalue weighted by Crippen LogP contribution is 2.37. The average molecular weight is 408 g/mol. The molecular weight excluding hydrogens is 399 g/mol. The van der Waals surface area contributed by atoms with Crippen molar-refractivity contribution in [3.05, 3.63) is 89.6 Å². The van der Waals surface area contributed by atoms with Crippen LogP contribution in [0.15, 0.2) is 52.2 Å². The molecule has 9 heteroatoms. The number of halogens is 3. The molecule has 0 bridgehead atoms. The van der Waals surface area contributed by atoms with E-state index in [4.69, 9.17) is 34.8 Å². The fraction of sp³-hybridized carbons (Fsp3) is 0.0588. The van der Waals surface area contributed by atoms with Crippen LogP contribution in [-0.4, -0.2) is 14.8 Å². The first kappa shape index (κ1) is 18.2. The van der Waals surface area contributed by atoms with Crippen molar-refractivity contribution in [2.45, 2.75) is 5.92 Å². The van der Waals surface area contributed by atoms with Crippen LogP contribution in [0.5, 0.6) is 0 Å². The number of hydrogen-bond acceptors (Lipinski definition) is 4. The quantitative estimate of drug-likeness (QED) is 0.719. The van der Waals surface area contributed by atoms with Gasteiger partial charge in [-0.25, -0.2) is 4.79 Å². The van der Waals surface area contributed by atoms with Crippen molar-refractivity contribution >= 4 is 34.8 Å². The Labute approximate surface area is 162 Å². The summed E-state index contributed by atoms with van der Waals surface area (Å²) in [6.45, 7) is 0. The molecule has 0 saturated heterocycles. The molecule has 0 aliphatic carbocycles. The van der Waals surface area contributed by atoms with Gasteiger partial charge in [0.2, 0.25) is 0 Å². The Balaban J connectivity index is 2.03. The summed E-state index contributed by atoms with van der Waals surface area (Å²) in [7, 11) is 0. The molecule has 1 atom stereocenters. The number of aromatic nitrogens is 3. The van der Waals surface area contributed by atoms with Crippen LogP contribution in [0.3, 0.4) is 0 Å². The molecule has 1 heterocycles. The van der Waals surface area contributed by atoms with Gasteiger partial charge in [0.05, 0.1) is 17.7 Å². The SMILES string of the molecule is N#CC(c1ccc(-n2ncc(=O)[nH]c2=O)cc1)c1c(Cl)cc(Cl)cc1Cl. The third kappa shape index (κ3) is 3.51. The fourth-order valence-corrected chi connectivity index (χ4v) is 3.52. The highest BCUT2D eigenvalue weighted by molar-refractivity contribution is 6.39. The topological polar surface area (TPSA) is 91.5 Å². The molecule has 1 N–H and O–H groups in total. The third-order valence-corrected chi connectivity index (χ3v) is 4.49. The summed E-state index contributed by atoms with van der Waals surface area (Å²) in [5, 5.41) is 14.3. The van der Waals surface area contributed by atoms with Gasteiger partial charge in [0.25, 0.3) is 5.56 Å². The Kier molecular flexibility index (Phi) is 5.14. The molecule has 1 unspecified atom stereocenters. The van der Waals surface area contributed by atoms with Gasteiger partial charge in [-0.05, 0) is 29.8 Å². The standard InChI is InChI=1S/C17H9Cl3N4O2/c18-10-5-13(19)16(14(20)6-10)12(7-21)9-1-3-11(4-2-9)24-17(26)23-15(25)8-22-24/h1-6,8,12H,(H,23,25,26). The summed E-state index contributed by atoms with van der Waals surface area (Å²) in [5.74, 6) is -0.721. The molecule has 3 aromatic rings. The van der Waals surface area contributed by atoms with E-state index in [-0.39, 0.29) is 10.0 Å². The summed E-state index contributed by atoms with van der Waals surface area (Å²) in [6, 6.07) is 11.7. The van der Waals surface area contributed by atoms with Crippen LogP contribution in [0, 0.1) is 11.3 Å². The van der Waals surface area contributed by atoms with Crippen molar-refractivity contribution in [3.8, 4) is 11.8 Å². The van der Waals surface area contributed by atoms with Crippen molar-refractivity contribution in [2.24, 2.45) is 0 Å². The highest BCUT2D eigenvalue weighted by Gasteiger charge is 2.21. The van der Waals surface area contributed by atoms with Crippen LogP contribution in [0.2, 0.25) is 15.1 Å². The number of nitrogens with zero attached hydrogens (tertiary/aromatic N) is 3. The van der Waals surface area contributed by atoms with E-state index in [1.54, 1.807) is 24.3 Å². The largest absolute Gasteiger partial charge is 0.349 e. The second-order valence-corrected chi connectivity index (χ2v) is 6.54. The molecule has 0 aliphatic rings. The van der Waals surface area contributed by atoms with Crippen LogP contribution in [-0.2, 0) is 0 Å². The molecule has 2 aromatic carbocycles. The summed E-state index contributed by atoms with van der Waals surface area (Å²) in [6.07, 6.45) is 1.00. The Bertz CT molecular complexity index is 1110. The van der Waals surface area contributed by atoms with Crippen LogP contribution >= 0.6 is 34.8 Å². The van der Waals surface area contributed by atoms with Crippen LogP contribution < -0.4 is 11.2 Å². The number of benzene rings is 2. The summed E-state index contributed by atoms with van der Waals surface area (Å²) in [5.41, 5.74) is 0.262. The number of hydrogen-bond donors (Lipinski definition) is 1. The van der Waals surface area contributed by atoms with Crippen molar-refractivity contribution in [1.29, 1.82) is 5.26 Å². The average Bonchev–Trinajstić information content (AvgIpc) is 2.58. The Morgan fingerprint density at radius 1 is 1.08 bits per heavy atom. The zero-order valence-corrected chi connectivity index (χ0v) is 15.2. The Hall–Kier alpha value is -2.59. The van der Waals surface area contributed by atoms with Crippen molar-refractivity contribution in [1.82, 2.24) is 14.8 Å². The predicted molar refractivity (Wildman–Crippen MR) is 99.4 cm³/mol. The number of nitrogens with one attached hydrogen (secondary N) is 1. The van der Waals surface area contributed by atoms with Crippen LogP contribution in [0.1, 0.15) is 17.0 Å². The zero-order chi connectivity index (χ0) is 18.8. The predicted octanol–water partition coefficient (Wildman–Crippen LogP) is 3.54. The normalized spacial score (nSPS) is 11.8. The lowest BCUT2D eigenvalue weighted by atomic mass is 9.92. The molecule has 0 saturated carbocycles. The van der Waals surface area contributed by atoms with E-state index >= 15 is 0 Å². The Morgan fingerprint density at radius 2 is 1.69 bits per heavy atom. The zero-order valence-electron chi connectivity index (χ0n) is 12.9. The summed E-state index contributed by atoms with van der Waals surface area (Å²) < 4.78 is 1.04. The maximum absolute atomic E-state index is 11.8. The lowest BCUT2D eigenvalue weighted by Crippen LogP contribution is -2.30. The lowest BCUT2D eigenvalue weighted by Gasteiger charge is -2.15. The van der Waals surface area contributed by atoms with Gasteiger partial charge in [-0.3, -0.25) is 9.78 Å². The van der Waals surface area contributed by atoms with E-state index in [2.05, 4.69) is 16.2 Å².